The molecule has 20 heavy (non-hydrogen) atoms. The number of nitrogens with one attached hydrogen (secondary N) is 1. The number of benzene rings is 1. The van der Waals surface area contributed by atoms with Crippen LogP contribution in [0.1, 0.15) is 51.9 Å². The van der Waals surface area contributed by atoms with E-state index in [0.29, 0.717) is 0 Å². The van der Waals surface area contributed by atoms with Gasteiger partial charge in [-0.2, -0.15) is 0 Å². The summed E-state index contributed by atoms with van der Waals surface area (Å²) in [4.78, 5) is 0. The molecule has 0 aliphatic heterocycles. The van der Waals surface area contributed by atoms with Crippen LogP contribution < -0.4 is 14.8 Å². The van der Waals surface area contributed by atoms with Crippen LogP contribution in [0.3, 0.4) is 0 Å². The Morgan fingerprint density at radius 1 is 0.850 bits per heavy atom. The molecule has 1 aromatic rings. The minimum absolute atomic E-state index is 0.772. The fraction of sp³-hybridized carbons (Fsp3) is 0.647. The van der Waals surface area contributed by atoms with Gasteiger partial charge in [-0.1, -0.05) is 45.4 Å². The maximum atomic E-state index is 5.29. The van der Waals surface area contributed by atoms with E-state index in [1.807, 2.05) is 18.2 Å². The van der Waals surface area contributed by atoms with Gasteiger partial charge in [0.05, 0.1) is 14.2 Å². The van der Waals surface area contributed by atoms with Gasteiger partial charge in [0.15, 0.2) is 11.5 Å². The fourth-order valence-corrected chi connectivity index (χ4v) is 2.26. The second kappa shape index (κ2) is 10.4. The lowest BCUT2D eigenvalue weighted by atomic mass is 10.1. The van der Waals surface area contributed by atoms with Gasteiger partial charge in [-0.15, -0.1) is 0 Å². The second-order valence-electron chi connectivity index (χ2n) is 5.12. The van der Waals surface area contributed by atoms with E-state index in [1.54, 1.807) is 14.2 Å². The lowest BCUT2D eigenvalue weighted by Crippen LogP contribution is -2.02. The number of unbranched alkanes of at least 4 members (excludes halogenated alkanes) is 6. The van der Waals surface area contributed by atoms with Gasteiger partial charge in [0.2, 0.25) is 0 Å². The standard InChI is InChI=1S/C17H29NO2/c1-4-5-6-7-8-9-10-13-18-15-11-12-16(19-2)17(14-15)20-3/h11-12,14,18H,4-10,13H2,1-3H3. The van der Waals surface area contributed by atoms with Crippen molar-refractivity contribution in [2.45, 2.75) is 51.9 Å². The molecular weight excluding hydrogens is 250 g/mol. The summed E-state index contributed by atoms with van der Waals surface area (Å²) < 4.78 is 10.5. The van der Waals surface area contributed by atoms with Crippen LogP contribution in [-0.2, 0) is 0 Å². The van der Waals surface area contributed by atoms with Gasteiger partial charge in [-0.25, -0.2) is 0 Å². The van der Waals surface area contributed by atoms with Crippen LogP contribution in [0.2, 0.25) is 0 Å². The van der Waals surface area contributed by atoms with Gasteiger partial charge < -0.3 is 14.8 Å². The molecule has 0 aromatic heterocycles. The minimum Gasteiger partial charge on any atom is -0.493 e. The molecule has 0 aliphatic rings. The van der Waals surface area contributed by atoms with E-state index < -0.39 is 0 Å². The zero-order valence-corrected chi connectivity index (χ0v) is 13.2. The Kier molecular flexibility index (Phi) is 8.68. The van der Waals surface area contributed by atoms with Crippen LogP contribution in [-0.4, -0.2) is 20.8 Å². The highest BCUT2D eigenvalue weighted by Crippen LogP contribution is 2.29. The number of hydrogen-bond donors (Lipinski definition) is 1. The summed E-state index contributed by atoms with van der Waals surface area (Å²) >= 11 is 0. The first kappa shape index (κ1) is 16.7. The number of hydrogen-bond acceptors (Lipinski definition) is 3. The lowest BCUT2D eigenvalue weighted by molar-refractivity contribution is 0.355. The average Bonchev–Trinajstić information content (AvgIpc) is 2.49. The van der Waals surface area contributed by atoms with Crippen molar-refractivity contribution in [3.63, 3.8) is 0 Å². The largest absolute Gasteiger partial charge is 0.493 e. The molecule has 0 bridgehead atoms. The smallest absolute Gasteiger partial charge is 0.162 e. The van der Waals surface area contributed by atoms with E-state index in [4.69, 9.17) is 9.47 Å². The van der Waals surface area contributed by atoms with Crippen LogP contribution in [0.15, 0.2) is 18.2 Å². The highest BCUT2D eigenvalue weighted by molar-refractivity contribution is 5.54. The molecule has 1 aromatic carbocycles. The monoisotopic (exact) mass is 279 g/mol. The third kappa shape index (κ3) is 6.18. The molecule has 0 amide bonds. The summed E-state index contributed by atoms with van der Waals surface area (Å²) in [5.41, 5.74) is 1.09. The number of ether oxygens (including phenoxy) is 2. The van der Waals surface area contributed by atoms with E-state index in [-0.39, 0.29) is 0 Å². The molecule has 0 spiro atoms. The summed E-state index contributed by atoms with van der Waals surface area (Å²) in [5.74, 6) is 1.55. The molecule has 1 rings (SSSR count). The van der Waals surface area contributed by atoms with E-state index in [0.717, 1.165) is 23.7 Å². The summed E-state index contributed by atoms with van der Waals surface area (Å²) in [7, 11) is 3.32. The third-order valence-corrected chi connectivity index (χ3v) is 3.49. The zero-order chi connectivity index (χ0) is 14.6. The van der Waals surface area contributed by atoms with Crippen molar-refractivity contribution < 1.29 is 9.47 Å². The van der Waals surface area contributed by atoms with Gasteiger partial charge >= 0.3 is 0 Å². The average molecular weight is 279 g/mol. The molecular formula is C17H29NO2. The SMILES string of the molecule is CCCCCCCCCNc1ccc(OC)c(OC)c1. The van der Waals surface area contributed by atoms with Crippen LogP contribution in [0.5, 0.6) is 11.5 Å². The van der Waals surface area contributed by atoms with Crippen LogP contribution in [0.25, 0.3) is 0 Å². The predicted molar refractivity (Wildman–Crippen MR) is 86.0 cm³/mol. The first-order valence-electron chi connectivity index (χ1n) is 7.77. The molecule has 114 valence electrons. The highest BCUT2D eigenvalue weighted by Gasteiger charge is 2.03. The minimum atomic E-state index is 0.772. The normalized spacial score (nSPS) is 10.3. The number of rotatable bonds is 11. The summed E-state index contributed by atoms with van der Waals surface area (Å²) in [6.07, 6.45) is 9.35. The first-order chi connectivity index (χ1) is 9.81. The molecule has 1 N–H and O–H groups in total. The molecule has 0 heterocycles. The van der Waals surface area contributed by atoms with E-state index in [9.17, 15) is 0 Å². The van der Waals surface area contributed by atoms with Crippen molar-refractivity contribution in [1.29, 1.82) is 0 Å². The molecule has 0 fully saturated rings. The molecule has 0 atom stereocenters. The van der Waals surface area contributed by atoms with Crippen molar-refractivity contribution in [2.75, 3.05) is 26.1 Å². The maximum absolute atomic E-state index is 5.29. The Hall–Kier alpha value is -1.38. The van der Waals surface area contributed by atoms with Crippen molar-refractivity contribution in [3.05, 3.63) is 18.2 Å². The van der Waals surface area contributed by atoms with Crippen molar-refractivity contribution in [3.8, 4) is 11.5 Å². The Bertz CT molecular complexity index is 366. The first-order valence-corrected chi connectivity index (χ1v) is 7.77. The predicted octanol–water partition coefficient (Wildman–Crippen LogP) is 4.87. The van der Waals surface area contributed by atoms with Crippen molar-refractivity contribution >= 4 is 5.69 Å². The van der Waals surface area contributed by atoms with Crippen molar-refractivity contribution in [2.24, 2.45) is 0 Å². The third-order valence-electron chi connectivity index (χ3n) is 3.49. The van der Waals surface area contributed by atoms with Gasteiger partial charge in [0.1, 0.15) is 0 Å². The molecule has 0 radical (unpaired) electrons. The molecule has 3 heteroatoms. The number of methoxy groups -OCH3 is 2. The van der Waals surface area contributed by atoms with Crippen LogP contribution in [0, 0.1) is 0 Å². The van der Waals surface area contributed by atoms with Gasteiger partial charge in [0.25, 0.3) is 0 Å². The zero-order valence-electron chi connectivity index (χ0n) is 13.2. The van der Waals surface area contributed by atoms with E-state index in [1.165, 1.54) is 44.9 Å². The summed E-state index contributed by atoms with van der Waals surface area (Å²) in [6, 6.07) is 5.95. The van der Waals surface area contributed by atoms with E-state index in [2.05, 4.69) is 12.2 Å². The van der Waals surface area contributed by atoms with Crippen molar-refractivity contribution in [1.82, 2.24) is 0 Å². The topological polar surface area (TPSA) is 30.5 Å². The Balaban J connectivity index is 2.18. The molecule has 3 nitrogen and oxygen atoms in total. The van der Waals surface area contributed by atoms with Crippen LogP contribution >= 0.6 is 0 Å². The van der Waals surface area contributed by atoms with Gasteiger partial charge in [-0.3, -0.25) is 0 Å². The van der Waals surface area contributed by atoms with Gasteiger partial charge in [-0.05, 0) is 18.6 Å². The van der Waals surface area contributed by atoms with E-state index >= 15 is 0 Å². The maximum Gasteiger partial charge on any atom is 0.162 e. The lowest BCUT2D eigenvalue weighted by Gasteiger charge is -2.11. The summed E-state index contributed by atoms with van der Waals surface area (Å²) in [5, 5.41) is 3.44. The Labute approximate surface area is 123 Å². The fourth-order valence-electron chi connectivity index (χ4n) is 2.26. The Morgan fingerprint density at radius 2 is 1.50 bits per heavy atom. The molecule has 0 aliphatic carbocycles. The quantitative estimate of drug-likeness (QED) is 0.586. The Morgan fingerprint density at radius 3 is 2.15 bits per heavy atom. The molecule has 0 unspecified atom stereocenters. The molecule has 0 saturated carbocycles. The molecule has 0 saturated heterocycles. The van der Waals surface area contributed by atoms with Gasteiger partial charge in [0, 0.05) is 18.3 Å². The second-order valence-corrected chi connectivity index (χ2v) is 5.12. The number of anilines is 1. The highest BCUT2D eigenvalue weighted by atomic mass is 16.5. The summed E-state index contributed by atoms with van der Waals surface area (Å²) in [6.45, 7) is 3.27. The van der Waals surface area contributed by atoms with Crippen LogP contribution in [0.4, 0.5) is 5.69 Å².